The fraction of sp³-hybridized carbons (Fsp3) is 0.889. The van der Waals surface area contributed by atoms with E-state index >= 15 is 0 Å². The average molecular weight is 201 g/mol. The summed E-state index contributed by atoms with van der Waals surface area (Å²) in [5.41, 5.74) is 5.55. The number of hydrogen-bond acceptors (Lipinski definition) is 2. The Morgan fingerprint density at radius 3 is 2.23 bits per heavy atom. The van der Waals surface area contributed by atoms with Gasteiger partial charge in [-0.25, -0.2) is 0 Å². The lowest BCUT2D eigenvalue weighted by Crippen LogP contribution is -2.50. The van der Waals surface area contributed by atoms with Gasteiger partial charge in [0.15, 0.2) is 5.11 Å². The molecule has 0 amide bonds. The third-order valence-corrected chi connectivity index (χ3v) is 2.57. The summed E-state index contributed by atoms with van der Waals surface area (Å²) in [7, 11) is 0. The molecule has 13 heavy (non-hydrogen) atoms. The van der Waals surface area contributed by atoms with Crippen LogP contribution in [0.5, 0.6) is 0 Å². The second-order valence-electron chi connectivity index (χ2n) is 4.02. The Bertz CT molecular complexity index is 174. The van der Waals surface area contributed by atoms with Crippen LogP contribution in [0.4, 0.5) is 0 Å². The van der Waals surface area contributed by atoms with Crippen molar-refractivity contribution in [1.82, 2.24) is 9.80 Å². The largest absolute Gasteiger partial charge is 0.376 e. The molecule has 1 fully saturated rings. The number of thiocarbonyl (C=S) groups is 1. The second kappa shape index (κ2) is 4.77. The SMILES string of the molecule is CC(C)CN1CCN(C(N)=S)CC1. The van der Waals surface area contributed by atoms with E-state index in [2.05, 4.69) is 23.6 Å². The van der Waals surface area contributed by atoms with Crippen molar-refractivity contribution in [3.8, 4) is 0 Å². The van der Waals surface area contributed by atoms with E-state index in [1.165, 1.54) is 6.54 Å². The monoisotopic (exact) mass is 201 g/mol. The molecule has 4 heteroatoms. The van der Waals surface area contributed by atoms with Gasteiger partial charge >= 0.3 is 0 Å². The maximum absolute atomic E-state index is 5.55. The highest BCUT2D eigenvalue weighted by molar-refractivity contribution is 7.80. The van der Waals surface area contributed by atoms with Gasteiger partial charge in [-0.1, -0.05) is 13.8 Å². The van der Waals surface area contributed by atoms with Gasteiger partial charge in [0, 0.05) is 32.7 Å². The number of nitrogens with zero attached hydrogens (tertiary/aromatic N) is 2. The molecule has 3 nitrogen and oxygen atoms in total. The molecule has 1 aliphatic rings. The van der Waals surface area contributed by atoms with Gasteiger partial charge in [-0.3, -0.25) is 4.90 Å². The van der Waals surface area contributed by atoms with E-state index in [1.54, 1.807) is 0 Å². The Labute approximate surface area is 85.9 Å². The summed E-state index contributed by atoms with van der Waals surface area (Å²) in [5.74, 6) is 0.747. The van der Waals surface area contributed by atoms with Crippen molar-refractivity contribution in [1.29, 1.82) is 0 Å². The van der Waals surface area contributed by atoms with E-state index in [-0.39, 0.29) is 0 Å². The predicted octanol–water partition coefficient (Wildman–Crippen LogP) is 0.504. The fourth-order valence-electron chi connectivity index (χ4n) is 1.67. The number of hydrogen-bond donors (Lipinski definition) is 1. The van der Waals surface area contributed by atoms with Crippen LogP contribution in [-0.4, -0.2) is 47.6 Å². The zero-order valence-corrected chi connectivity index (χ0v) is 9.31. The van der Waals surface area contributed by atoms with Crippen LogP contribution >= 0.6 is 12.2 Å². The minimum Gasteiger partial charge on any atom is -0.376 e. The Hall–Kier alpha value is -0.350. The van der Waals surface area contributed by atoms with Crippen LogP contribution in [0, 0.1) is 5.92 Å². The first-order chi connectivity index (χ1) is 6.09. The third kappa shape index (κ3) is 3.48. The molecular weight excluding hydrogens is 182 g/mol. The molecule has 1 heterocycles. The lowest BCUT2D eigenvalue weighted by molar-refractivity contribution is 0.167. The predicted molar refractivity (Wildman–Crippen MR) is 59.6 cm³/mol. The molecule has 1 aliphatic heterocycles. The Morgan fingerprint density at radius 1 is 1.31 bits per heavy atom. The minimum absolute atomic E-state index is 0.546. The van der Waals surface area contributed by atoms with E-state index in [0.29, 0.717) is 5.11 Å². The highest BCUT2D eigenvalue weighted by atomic mass is 32.1. The van der Waals surface area contributed by atoms with Gasteiger partial charge in [0.1, 0.15) is 0 Å². The quantitative estimate of drug-likeness (QED) is 0.660. The molecule has 76 valence electrons. The van der Waals surface area contributed by atoms with Gasteiger partial charge in [0.05, 0.1) is 0 Å². The smallest absolute Gasteiger partial charge is 0.166 e. The molecule has 1 saturated heterocycles. The maximum Gasteiger partial charge on any atom is 0.166 e. The summed E-state index contributed by atoms with van der Waals surface area (Å²) < 4.78 is 0. The van der Waals surface area contributed by atoms with E-state index in [1.807, 2.05) is 0 Å². The highest BCUT2D eigenvalue weighted by Crippen LogP contribution is 2.04. The van der Waals surface area contributed by atoms with Crippen molar-refractivity contribution in [2.75, 3.05) is 32.7 Å². The van der Waals surface area contributed by atoms with Crippen molar-refractivity contribution in [2.24, 2.45) is 11.7 Å². The van der Waals surface area contributed by atoms with Crippen molar-refractivity contribution in [2.45, 2.75) is 13.8 Å². The standard InChI is InChI=1S/C9H19N3S/c1-8(2)7-11-3-5-12(6-4-11)9(10)13/h8H,3-7H2,1-2H3,(H2,10,13). The summed E-state index contributed by atoms with van der Waals surface area (Å²) >= 11 is 4.93. The van der Waals surface area contributed by atoms with Crippen LogP contribution < -0.4 is 5.73 Å². The van der Waals surface area contributed by atoms with E-state index in [9.17, 15) is 0 Å². The van der Waals surface area contributed by atoms with Crippen molar-refractivity contribution in [3.63, 3.8) is 0 Å². The molecule has 0 aromatic carbocycles. The van der Waals surface area contributed by atoms with Crippen LogP contribution in [0.3, 0.4) is 0 Å². The number of rotatable bonds is 2. The Morgan fingerprint density at radius 2 is 1.85 bits per heavy atom. The molecule has 0 atom stereocenters. The van der Waals surface area contributed by atoms with E-state index < -0.39 is 0 Å². The molecule has 1 rings (SSSR count). The molecule has 0 aromatic rings. The first-order valence-corrected chi connectivity index (χ1v) is 5.27. The van der Waals surface area contributed by atoms with Crippen molar-refractivity contribution < 1.29 is 0 Å². The molecule has 0 aliphatic carbocycles. The van der Waals surface area contributed by atoms with Crippen molar-refractivity contribution in [3.05, 3.63) is 0 Å². The normalized spacial score (nSPS) is 19.5. The van der Waals surface area contributed by atoms with Crippen molar-refractivity contribution >= 4 is 17.3 Å². The average Bonchev–Trinajstić information content (AvgIpc) is 2.04. The molecule has 0 spiro atoms. The zero-order chi connectivity index (χ0) is 9.84. The summed E-state index contributed by atoms with van der Waals surface area (Å²) in [4.78, 5) is 4.55. The molecular formula is C9H19N3S. The lowest BCUT2D eigenvalue weighted by Gasteiger charge is -2.35. The van der Waals surface area contributed by atoms with E-state index in [4.69, 9.17) is 18.0 Å². The highest BCUT2D eigenvalue weighted by Gasteiger charge is 2.17. The molecule has 0 unspecified atom stereocenters. The minimum atomic E-state index is 0.546. The maximum atomic E-state index is 5.55. The summed E-state index contributed by atoms with van der Waals surface area (Å²) in [6.45, 7) is 9.85. The topological polar surface area (TPSA) is 32.5 Å². The van der Waals surface area contributed by atoms with Gasteiger partial charge in [-0.2, -0.15) is 0 Å². The van der Waals surface area contributed by atoms with Gasteiger partial charge in [0.25, 0.3) is 0 Å². The van der Waals surface area contributed by atoms with Crippen LogP contribution in [0.2, 0.25) is 0 Å². The molecule has 0 bridgehead atoms. The molecule has 0 saturated carbocycles. The van der Waals surface area contributed by atoms with Crippen LogP contribution in [0.25, 0.3) is 0 Å². The lowest BCUT2D eigenvalue weighted by atomic mass is 10.2. The number of piperazine rings is 1. The molecule has 0 radical (unpaired) electrons. The van der Waals surface area contributed by atoms with Gasteiger partial charge < -0.3 is 10.6 Å². The zero-order valence-electron chi connectivity index (χ0n) is 8.49. The van der Waals surface area contributed by atoms with Crippen LogP contribution in [-0.2, 0) is 0 Å². The van der Waals surface area contributed by atoms with Crippen LogP contribution in [0.15, 0.2) is 0 Å². The summed E-state index contributed by atoms with van der Waals surface area (Å²) in [6, 6.07) is 0. The van der Waals surface area contributed by atoms with E-state index in [0.717, 1.165) is 32.1 Å². The van der Waals surface area contributed by atoms with Crippen LogP contribution in [0.1, 0.15) is 13.8 Å². The number of nitrogens with two attached hydrogens (primary N) is 1. The fourth-order valence-corrected chi connectivity index (χ4v) is 1.85. The second-order valence-corrected chi connectivity index (χ2v) is 4.44. The Kier molecular flexibility index (Phi) is 3.93. The first kappa shape index (κ1) is 10.7. The summed E-state index contributed by atoms with van der Waals surface area (Å²) in [5, 5.41) is 0.546. The van der Waals surface area contributed by atoms with Gasteiger partial charge in [-0.15, -0.1) is 0 Å². The molecule has 2 N–H and O–H groups in total. The summed E-state index contributed by atoms with van der Waals surface area (Å²) in [6.07, 6.45) is 0. The third-order valence-electron chi connectivity index (χ3n) is 2.31. The Balaban J connectivity index is 2.26. The first-order valence-electron chi connectivity index (χ1n) is 4.86. The van der Waals surface area contributed by atoms with Gasteiger partial charge in [0.2, 0.25) is 0 Å². The van der Waals surface area contributed by atoms with Gasteiger partial charge in [-0.05, 0) is 18.1 Å². The molecule has 0 aromatic heterocycles.